The molecule has 2 N–H and O–H groups in total. The van der Waals surface area contributed by atoms with Crippen LogP contribution in [0.4, 0.5) is 0 Å². The second-order valence-corrected chi connectivity index (χ2v) is 4.50. The van der Waals surface area contributed by atoms with Crippen molar-refractivity contribution >= 4 is 0 Å². The molecule has 0 bridgehead atoms. The molecule has 4 nitrogen and oxygen atoms in total. The maximum absolute atomic E-state index is 5.76. The fourth-order valence-electron chi connectivity index (χ4n) is 2.17. The number of aryl methyl sites for hydroxylation is 1. The van der Waals surface area contributed by atoms with E-state index in [4.69, 9.17) is 10.5 Å². The molecule has 2 heterocycles. The second kappa shape index (κ2) is 5.98. The van der Waals surface area contributed by atoms with E-state index in [1.165, 1.54) is 25.9 Å². The zero-order chi connectivity index (χ0) is 12.1. The molecule has 0 radical (unpaired) electrons. The predicted molar refractivity (Wildman–Crippen MR) is 68.0 cm³/mol. The summed E-state index contributed by atoms with van der Waals surface area (Å²) in [7, 11) is 0. The Morgan fingerprint density at radius 2 is 2.12 bits per heavy atom. The summed E-state index contributed by atoms with van der Waals surface area (Å²) in [6.45, 7) is 6.53. The van der Waals surface area contributed by atoms with Crippen LogP contribution in [0.15, 0.2) is 12.1 Å². The van der Waals surface area contributed by atoms with Crippen LogP contribution < -0.4 is 10.5 Å². The van der Waals surface area contributed by atoms with Crippen molar-refractivity contribution in [2.75, 3.05) is 26.2 Å². The molecule has 4 heteroatoms. The van der Waals surface area contributed by atoms with Crippen molar-refractivity contribution in [1.82, 2.24) is 9.88 Å². The lowest BCUT2D eigenvalue weighted by Gasteiger charge is -2.16. The van der Waals surface area contributed by atoms with E-state index in [1.807, 2.05) is 19.1 Å². The number of nitrogens with two attached hydrogens (primary N) is 1. The Labute approximate surface area is 103 Å². The zero-order valence-electron chi connectivity index (χ0n) is 10.5. The van der Waals surface area contributed by atoms with Crippen LogP contribution in [-0.2, 0) is 6.54 Å². The minimum atomic E-state index is 0.431. The highest BCUT2D eigenvalue weighted by atomic mass is 16.5. The Balaban J connectivity index is 1.85. The van der Waals surface area contributed by atoms with Gasteiger partial charge in [0.25, 0.3) is 0 Å². The van der Waals surface area contributed by atoms with E-state index in [-0.39, 0.29) is 0 Å². The first-order chi connectivity index (χ1) is 8.29. The lowest BCUT2D eigenvalue weighted by molar-refractivity contribution is 0.235. The quantitative estimate of drug-likeness (QED) is 0.836. The van der Waals surface area contributed by atoms with Crippen molar-refractivity contribution in [1.29, 1.82) is 0 Å². The minimum absolute atomic E-state index is 0.431. The van der Waals surface area contributed by atoms with Crippen LogP contribution in [0.3, 0.4) is 0 Å². The number of aromatic nitrogens is 1. The molecule has 0 unspecified atom stereocenters. The average Bonchev–Trinajstić information content (AvgIpc) is 2.84. The number of rotatable bonds is 5. The molecule has 17 heavy (non-hydrogen) atoms. The summed E-state index contributed by atoms with van der Waals surface area (Å²) in [4.78, 5) is 6.81. The van der Waals surface area contributed by atoms with Gasteiger partial charge < -0.3 is 10.5 Å². The summed E-state index contributed by atoms with van der Waals surface area (Å²) in [5, 5.41) is 0. The number of hydrogen-bond donors (Lipinski definition) is 1. The topological polar surface area (TPSA) is 51.4 Å². The first-order valence-electron chi connectivity index (χ1n) is 6.31. The summed E-state index contributed by atoms with van der Waals surface area (Å²) in [5.41, 5.74) is 7.50. The summed E-state index contributed by atoms with van der Waals surface area (Å²) in [6.07, 6.45) is 2.64. The standard InChI is InChI=1S/C13H21N3O/c1-11-4-5-13(12(10-14)15-11)17-9-8-16-6-2-3-7-16/h4-5H,2-3,6-10,14H2,1H3. The fraction of sp³-hybridized carbons (Fsp3) is 0.615. The number of ether oxygens (including phenoxy) is 1. The first-order valence-corrected chi connectivity index (χ1v) is 6.31. The number of pyridine rings is 1. The molecule has 1 aromatic rings. The minimum Gasteiger partial charge on any atom is -0.490 e. The normalized spacial score (nSPS) is 16.4. The molecule has 1 aliphatic rings. The highest BCUT2D eigenvalue weighted by Gasteiger charge is 2.11. The Bertz CT molecular complexity index is 362. The van der Waals surface area contributed by atoms with E-state index in [1.54, 1.807) is 0 Å². The lowest BCUT2D eigenvalue weighted by atomic mass is 10.3. The van der Waals surface area contributed by atoms with E-state index >= 15 is 0 Å². The van der Waals surface area contributed by atoms with Gasteiger partial charge in [-0.25, -0.2) is 0 Å². The molecule has 94 valence electrons. The monoisotopic (exact) mass is 235 g/mol. The maximum Gasteiger partial charge on any atom is 0.142 e. The third kappa shape index (κ3) is 3.41. The van der Waals surface area contributed by atoms with Crippen LogP contribution in [0.2, 0.25) is 0 Å². The molecule has 0 aromatic carbocycles. The van der Waals surface area contributed by atoms with Gasteiger partial charge in [-0.05, 0) is 45.0 Å². The molecule has 1 saturated heterocycles. The molecule has 0 atom stereocenters. The molecule has 0 saturated carbocycles. The molecular formula is C13H21N3O. The molecule has 0 amide bonds. The van der Waals surface area contributed by atoms with Gasteiger partial charge in [-0.15, -0.1) is 0 Å². The molecule has 0 spiro atoms. The second-order valence-electron chi connectivity index (χ2n) is 4.50. The summed E-state index contributed by atoms with van der Waals surface area (Å²) in [6, 6.07) is 3.93. The Kier molecular flexibility index (Phi) is 4.34. The van der Waals surface area contributed by atoms with Crippen LogP contribution in [0.5, 0.6) is 5.75 Å². The largest absolute Gasteiger partial charge is 0.490 e. The van der Waals surface area contributed by atoms with Crippen molar-refractivity contribution < 1.29 is 4.74 Å². The van der Waals surface area contributed by atoms with Gasteiger partial charge in [-0.2, -0.15) is 0 Å². The van der Waals surface area contributed by atoms with E-state index in [9.17, 15) is 0 Å². The van der Waals surface area contributed by atoms with Gasteiger partial charge in [0.05, 0.1) is 5.69 Å². The number of hydrogen-bond acceptors (Lipinski definition) is 4. The third-order valence-electron chi connectivity index (χ3n) is 3.13. The third-order valence-corrected chi connectivity index (χ3v) is 3.13. The van der Waals surface area contributed by atoms with Crippen LogP contribution in [0.25, 0.3) is 0 Å². The molecule has 0 aliphatic carbocycles. The van der Waals surface area contributed by atoms with Gasteiger partial charge in [-0.3, -0.25) is 9.88 Å². The Morgan fingerprint density at radius 1 is 1.35 bits per heavy atom. The highest BCUT2D eigenvalue weighted by molar-refractivity contribution is 5.29. The van der Waals surface area contributed by atoms with Gasteiger partial charge >= 0.3 is 0 Å². The van der Waals surface area contributed by atoms with E-state index in [2.05, 4.69) is 9.88 Å². The lowest BCUT2D eigenvalue weighted by Crippen LogP contribution is -2.25. The zero-order valence-corrected chi connectivity index (χ0v) is 10.5. The van der Waals surface area contributed by atoms with Gasteiger partial charge in [0.15, 0.2) is 0 Å². The Hall–Kier alpha value is -1.13. The van der Waals surface area contributed by atoms with E-state index < -0.39 is 0 Å². The first kappa shape index (κ1) is 12.3. The SMILES string of the molecule is Cc1ccc(OCCN2CCCC2)c(CN)n1. The van der Waals surface area contributed by atoms with E-state index in [0.29, 0.717) is 6.54 Å². The van der Waals surface area contributed by atoms with Gasteiger partial charge in [0, 0.05) is 18.8 Å². The van der Waals surface area contributed by atoms with Crippen LogP contribution in [0.1, 0.15) is 24.2 Å². The van der Waals surface area contributed by atoms with Crippen molar-refractivity contribution in [3.8, 4) is 5.75 Å². The van der Waals surface area contributed by atoms with Crippen LogP contribution >= 0.6 is 0 Å². The molecule has 1 aliphatic heterocycles. The molecule has 2 rings (SSSR count). The van der Waals surface area contributed by atoms with Gasteiger partial charge in [0.1, 0.15) is 12.4 Å². The van der Waals surface area contributed by atoms with Crippen molar-refractivity contribution in [2.24, 2.45) is 5.73 Å². The Morgan fingerprint density at radius 3 is 2.82 bits per heavy atom. The number of likely N-dealkylation sites (tertiary alicyclic amines) is 1. The molecular weight excluding hydrogens is 214 g/mol. The van der Waals surface area contributed by atoms with Gasteiger partial charge in [-0.1, -0.05) is 0 Å². The summed E-state index contributed by atoms with van der Waals surface area (Å²) >= 11 is 0. The highest BCUT2D eigenvalue weighted by Crippen LogP contribution is 2.16. The average molecular weight is 235 g/mol. The summed E-state index contributed by atoms with van der Waals surface area (Å²) in [5.74, 6) is 0.831. The van der Waals surface area contributed by atoms with Crippen molar-refractivity contribution in [3.63, 3.8) is 0 Å². The molecule has 1 fully saturated rings. The van der Waals surface area contributed by atoms with Crippen LogP contribution in [-0.4, -0.2) is 36.1 Å². The maximum atomic E-state index is 5.76. The van der Waals surface area contributed by atoms with Crippen molar-refractivity contribution in [3.05, 3.63) is 23.5 Å². The van der Waals surface area contributed by atoms with Crippen LogP contribution in [0, 0.1) is 6.92 Å². The number of nitrogens with zero attached hydrogens (tertiary/aromatic N) is 2. The smallest absolute Gasteiger partial charge is 0.142 e. The summed E-state index contributed by atoms with van der Waals surface area (Å²) < 4.78 is 5.76. The van der Waals surface area contributed by atoms with Gasteiger partial charge in [0.2, 0.25) is 0 Å². The predicted octanol–water partition coefficient (Wildman–Crippen LogP) is 1.32. The molecule has 1 aromatic heterocycles. The van der Waals surface area contributed by atoms with Crippen molar-refractivity contribution in [2.45, 2.75) is 26.3 Å². The fourth-order valence-corrected chi connectivity index (χ4v) is 2.17. The van der Waals surface area contributed by atoms with E-state index in [0.717, 1.165) is 30.3 Å².